The second-order valence-electron chi connectivity index (χ2n) is 9.82. The maximum atomic E-state index is 13.0. The van der Waals surface area contributed by atoms with Crippen LogP contribution in [0.1, 0.15) is 41.8 Å². The molecule has 0 aliphatic carbocycles. The monoisotopic (exact) mass is 513 g/mol. The fraction of sp³-hybridized carbons (Fsp3) is 0.276. The zero-order valence-electron chi connectivity index (χ0n) is 21.1. The van der Waals surface area contributed by atoms with Crippen molar-refractivity contribution in [3.05, 3.63) is 95.6 Å². The number of fused-ring (bicyclic) bond motifs is 2. The Morgan fingerprint density at radius 3 is 2.57 bits per heavy atom. The summed E-state index contributed by atoms with van der Waals surface area (Å²) >= 11 is 0. The lowest BCUT2D eigenvalue weighted by molar-refractivity contribution is 0.379. The van der Waals surface area contributed by atoms with Gasteiger partial charge in [-0.25, -0.2) is 13.4 Å². The van der Waals surface area contributed by atoms with E-state index in [1.807, 2.05) is 62.5 Å². The van der Waals surface area contributed by atoms with Gasteiger partial charge in [0.05, 0.1) is 28.0 Å². The maximum Gasteiger partial charge on any atom is 0.226 e. The number of nitrogens with two attached hydrogens (primary N) is 1. The average Bonchev–Trinajstić information content (AvgIpc) is 3.34. The van der Waals surface area contributed by atoms with Crippen LogP contribution in [-0.2, 0) is 21.8 Å². The number of nitrogens with zero attached hydrogens (tertiary/aromatic N) is 3. The van der Waals surface area contributed by atoms with Gasteiger partial charge in [-0.15, -0.1) is 0 Å². The van der Waals surface area contributed by atoms with Crippen LogP contribution in [0.3, 0.4) is 0 Å². The van der Waals surface area contributed by atoms with Crippen molar-refractivity contribution in [2.45, 2.75) is 50.2 Å². The molecule has 0 amide bonds. The summed E-state index contributed by atoms with van der Waals surface area (Å²) in [4.78, 5) is 16.6. The highest BCUT2D eigenvalue weighted by atomic mass is 32.2. The molecule has 8 heteroatoms. The fourth-order valence-electron chi connectivity index (χ4n) is 4.94. The van der Waals surface area contributed by atoms with Crippen molar-refractivity contribution in [3.63, 3.8) is 0 Å². The first-order valence-corrected chi connectivity index (χ1v) is 14.1. The number of aryl methyl sites for hydroxylation is 2. The van der Waals surface area contributed by atoms with E-state index in [4.69, 9.17) is 10.7 Å². The number of aromatic amines is 1. The standard InChI is InChI=1S/C29H31N5O2S/c1-20-17-21(2)26(32-19-20)18-29(30,27-23-10-4-3-9-22(23)13-15-31-27)14-7-8-16-37(35,36)28-33-24-11-5-6-12-25(24)34-28/h3-6,9-13,15,17,19H,7-8,14,16,18,30H2,1-2H3,(H,33,34). The van der Waals surface area contributed by atoms with Crippen LogP contribution in [0.4, 0.5) is 0 Å². The molecule has 0 bridgehead atoms. The molecular formula is C29H31N5O2S. The van der Waals surface area contributed by atoms with E-state index in [2.05, 4.69) is 27.1 Å². The number of pyridine rings is 2. The third-order valence-electron chi connectivity index (χ3n) is 6.90. The van der Waals surface area contributed by atoms with Crippen LogP contribution >= 0.6 is 0 Å². The third kappa shape index (κ3) is 5.26. The van der Waals surface area contributed by atoms with Crippen LogP contribution in [0.5, 0.6) is 0 Å². The Hall–Kier alpha value is -3.62. The summed E-state index contributed by atoms with van der Waals surface area (Å²) in [6.45, 7) is 4.07. The van der Waals surface area contributed by atoms with Gasteiger partial charge in [0, 0.05) is 29.9 Å². The van der Waals surface area contributed by atoms with Crippen LogP contribution in [-0.4, -0.2) is 34.1 Å². The van der Waals surface area contributed by atoms with Gasteiger partial charge in [-0.3, -0.25) is 9.97 Å². The molecule has 0 aliphatic rings. The number of benzene rings is 2. The number of para-hydroxylation sites is 2. The van der Waals surface area contributed by atoms with Gasteiger partial charge in [-0.1, -0.05) is 48.9 Å². The SMILES string of the molecule is Cc1cnc(CC(N)(CCCCS(=O)(=O)c2nc3ccccc3[nH]2)c2nccc3ccccc23)c(C)c1. The van der Waals surface area contributed by atoms with Crippen molar-refractivity contribution in [2.24, 2.45) is 5.73 Å². The highest BCUT2D eigenvalue weighted by molar-refractivity contribution is 7.91. The highest BCUT2D eigenvalue weighted by Crippen LogP contribution is 2.33. The number of unbranched alkanes of at least 4 members (excludes halogenated alkanes) is 1. The van der Waals surface area contributed by atoms with E-state index >= 15 is 0 Å². The zero-order chi connectivity index (χ0) is 26.0. The van der Waals surface area contributed by atoms with Gasteiger partial charge >= 0.3 is 0 Å². The molecule has 0 spiro atoms. The second-order valence-corrected chi connectivity index (χ2v) is 11.8. The lowest BCUT2D eigenvalue weighted by atomic mass is 9.82. The first kappa shape index (κ1) is 25.0. The van der Waals surface area contributed by atoms with Gasteiger partial charge in [0.2, 0.25) is 15.0 Å². The molecule has 1 atom stereocenters. The topological polar surface area (TPSA) is 115 Å². The van der Waals surface area contributed by atoms with E-state index in [1.165, 1.54) is 0 Å². The number of aromatic nitrogens is 4. The Morgan fingerprint density at radius 1 is 0.973 bits per heavy atom. The number of hydrogen-bond donors (Lipinski definition) is 2. The molecule has 5 aromatic rings. The highest BCUT2D eigenvalue weighted by Gasteiger charge is 2.32. The molecule has 37 heavy (non-hydrogen) atoms. The molecule has 3 aromatic heterocycles. The van der Waals surface area contributed by atoms with Gasteiger partial charge in [0.1, 0.15) is 0 Å². The summed E-state index contributed by atoms with van der Waals surface area (Å²) in [6, 6.07) is 19.5. The van der Waals surface area contributed by atoms with Crippen LogP contribution in [0, 0.1) is 13.8 Å². The Bertz CT molecular complexity index is 1640. The van der Waals surface area contributed by atoms with Crippen molar-refractivity contribution in [1.29, 1.82) is 0 Å². The number of imidazole rings is 1. The molecule has 1 unspecified atom stereocenters. The number of nitrogens with one attached hydrogen (secondary N) is 1. The van der Waals surface area contributed by atoms with Gasteiger partial charge in [0.15, 0.2) is 0 Å². The van der Waals surface area contributed by atoms with Crippen LogP contribution in [0.15, 0.2) is 78.2 Å². The molecule has 0 aliphatic heterocycles. The normalized spacial score (nSPS) is 13.7. The van der Waals surface area contributed by atoms with E-state index in [1.54, 1.807) is 12.3 Å². The lowest BCUT2D eigenvalue weighted by Crippen LogP contribution is -2.40. The first-order valence-electron chi connectivity index (χ1n) is 12.5. The van der Waals surface area contributed by atoms with E-state index < -0.39 is 15.4 Å². The van der Waals surface area contributed by atoms with Crippen molar-refractivity contribution >= 4 is 31.6 Å². The van der Waals surface area contributed by atoms with E-state index in [-0.39, 0.29) is 10.9 Å². The minimum Gasteiger partial charge on any atom is -0.329 e. The van der Waals surface area contributed by atoms with E-state index in [0.29, 0.717) is 36.7 Å². The first-order chi connectivity index (χ1) is 17.7. The molecule has 190 valence electrons. The Balaban J connectivity index is 1.39. The van der Waals surface area contributed by atoms with Crippen LogP contribution < -0.4 is 5.73 Å². The summed E-state index contributed by atoms with van der Waals surface area (Å²) in [5.74, 6) is -0.00627. The predicted octanol–water partition coefficient (Wildman–Crippen LogP) is 5.16. The number of rotatable bonds is 9. The number of sulfone groups is 1. The van der Waals surface area contributed by atoms with Crippen molar-refractivity contribution in [2.75, 3.05) is 5.75 Å². The molecule has 3 heterocycles. The third-order valence-corrected chi connectivity index (χ3v) is 8.51. The van der Waals surface area contributed by atoms with Gasteiger partial charge in [-0.05, 0) is 61.4 Å². The molecule has 3 N–H and O–H groups in total. The molecule has 2 aromatic carbocycles. The zero-order valence-corrected chi connectivity index (χ0v) is 21.9. The summed E-state index contributed by atoms with van der Waals surface area (Å²) in [6.07, 6.45) is 5.81. The predicted molar refractivity (Wildman–Crippen MR) is 147 cm³/mol. The Labute approximate surface area is 217 Å². The summed E-state index contributed by atoms with van der Waals surface area (Å²) < 4.78 is 26.0. The van der Waals surface area contributed by atoms with E-state index in [0.717, 1.165) is 33.3 Å². The largest absolute Gasteiger partial charge is 0.329 e. The molecule has 7 nitrogen and oxygen atoms in total. The Kier molecular flexibility index (Phi) is 6.79. The summed E-state index contributed by atoms with van der Waals surface area (Å²) in [5, 5.41) is 2.10. The molecule has 5 rings (SSSR count). The van der Waals surface area contributed by atoms with Gasteiger partial charge < -0.3 is 10.7 Å². The van der Waals surface area contributed by atoms with Crippen LogP contribution in [0.25, 0.3) is 21.8 Å². The van der Waals surface area contributed by atoms with Crippen LogP contribution in [0.2, 0.25) is 0 Å². The Morgan fingerprint density at radius 2 is 1.76 bits per heavy atom. The minimum atomic E-state index is -3.54. The quantitative estimate of drug-likeness (QED) is 0.263. The summed E-state index contributed by atoms with van der Waals surface area (Å²) in [7, 11) is -3.54. The fourth-order valence-corrected chi connectivity index (χ4v) is 6.22. The second kappa shape index (κ2) is 10.0. The van der Waals surface area contributed by atoms with Gasteiger partial charge in [0.25, 0.3) is 0 Å². The number of H-pyrrole nitrogens is 1. The maximum absolute atomic E-state index is 13.0. The molecule has 0 saturated carbocycles. The molecule has 0 fully saturated rings. The van der Waals surface area contributed by atoms with Gasteiger partial charge in [-0.2, -0.15) is 0 Å². The summed E-state index contributed by atoms with van der Waals surface area (Å²) in [5.41, 5.74) is 11.6. The van der Waals surface area contributed by atoms with Crippen molar-refractivity contribution in [1.82, 2.24) is 19.9 Å². The molecular weight excluding hydrogens is 482 g/mol. The van der Waals surface area contributed by atoms with Crippen molar-refractivity contribution < 1.29 is 8.42 Å². The average molecular weight is 514 g/mol. The minimum absolute atomic E-state index is 0.00627. The lowest BCUT2D eigenvalue weighted by Gasteiger charge is -2.30. The molecule has 0 saturated heterocycles. The van der Waals surface area contributed by atoms with Crippen molar-refractivity contribution in [3.8, 4) is 0 Å². The smallest absolute Gasteiger partial charge is 0.226 e. The molecule has 0 radical (unpaired) electrons. The number of hydrogen-bond acceptors (Lipinski definition) is 6. The van der Waals surface area contributed by atoms with E-state index in [9.17, 15) is 8.42 Å².